The zero-order valence-electron chi connectivity index (χ0n) is 11.1. The molecule has 0 aromatic heterocycles. The van der Waals surface area contributed by atoms with Gasteiger partial charge in [-0.15, -0.1) is 0 Å². The maximum atomic E-state index is 12.2. The summed E-state index contributed by atoms with van der Waals surface area (Å²) < 4.78 is 5.48. The topological polar surface area (TPSA) is 62.1 Å². The van der Waals surface area contributed by atoms with Gasteiger partial charge in [0.05, 0.1) is 12.2 Å². The number of hydrogen-bond acceptors (Lipinski definition) is 3. The number of hydrogen-bond donors (Lipinski definition) is 1. The summed E-state index contributed by atoms with van der Waals surface area (Å²) in [4.78, 5) is 12.2. The van der Waals surface area contributed by atoms with Gasteiger partial charge in [-0.1, -0.05) is 19.3 Å². The molecular weight excluding hydrogens is 228 g/mol. The molecule has 1 saturated carbocycles. The minimum absolute atomic E-state index is 0.0659. The Hall–Kier alpha value is -1.08. The summed E-state index contributed by atoms with van der Waals surface area (Å²) in [6, 6.07) is 2.26. The van der Waals surface area contributed by atoms with Gasteiger partial charge in [0.1, 0.15) is 5.41 Å². The van der Waals surface area contributed by atoms with Crippen molar-refractivity contribution in [3.63, 3.8) is 0 Å². The Morgan fingerprint density at radius 2 is 2.17 bits per heavy atom. The number of carbonyl (C=O) groups is 1. The summed E-state index contributed by atoms with van der Waals surface area (Å²) in [5.41, 5.74) is -0.763. The highest BCUT2D eigenvalue weighted by molar-refractivity contribution is 5.85. The van der Waals surface area contributed by atoms with Crippen LogP contribution in [0.15, 0.2) is 0 Å². The summed E-state index contributed by atoms with van der Waals surface area (Å²) in [6.45, 7) is 3.47. The van der Waals surface area contributed by atoms with Crippen molar-refractivity contribution < 1.29 is 9.53 Å². The lowest BCUT2D eigenvalue weighted by atomic mass is 9.74. The van der Waals surface area contributed by atoms with Gasteiger partial charge in [-0.3, -0.25) is 4.79 Å². The van der Waals surface area contributed by atoms with Gasteiger partial charge in [0.2, 0.25) is 5.91 Å². The smallest absolute Gasteiger partial charge is 0.240 e. The second kappa shape index (κ2) is 5.71. The fourth-order valence-electron chi connectivity index (χ4n) is 2.98. The molecule has 2 unspecified atom stereocenters. The van der Waals surface area contributed by atoms with Crippen LogP contribution in [0.25, 0.3) is 0 Å². The SMILES string of the molecule is CC1OCCC1CNC(=O)C1(C#N)CCCCC1. The second-order valence-electron chi connectivity index (χ2n) is 5.59. The molecule has 1 aliphatic carbocycles. The minimum atomic E-state index is -0.763. The molecule has 0 bridgehead atoms. The number of rotatable bonds is 3. The average Bonchev–Trinajstić information content (AvgIpc) is 2.82. The standard InChI is InChI=1S/C14H22N2O2/c1-11-12(5-8-18-11)9-16-13(17)14(10-15)6-3-2-4-7-14/h11-12H,2-9H2,1H3,(H,16,17). The Labute approximate surface area is 109 Å². The van der Waals surface area contributed by atoms with E-state index in [0.717, 1.165) is 32.3 Å². The van der Waals surface area contributed by atoms with Gasteiger partial charge < -0.3 is 10.1 Å². The third-order valence-corrected chi connectivity index (χ3v) is 4.41. The van der Waals surface area contributed by atoms with Crippen LogP contribution < -0.4 is 5.32 Å². The first-order valence-corrected chi connectivity index (χ1v) is 6.99. The molecule has 100 valence electrons. The van der Waals surface area contributed by atoms with Gasteiger partial charge in [0.15, 0.2) is 0 Å². The fourth-order valence-corrected chi connectivity index (χ4v) is 2.98. The predicted molar refractivity (Wildman–Crippen MR) is 67.7 cm³/mol. The van der Waals surface area contributed by atoms with E-state index in [-0.39, 0.29) is 12.0 Å². The Kier molecular flexibility index (Phi) is 4.23. The molecular formula is C14H22N2O2. The molecule has 18 heavy (non-hydrogen) atoms. The minimum Gasteiger partial charge on any atom is -0.378 e. The monoisotopic (exact) mass is 250 g/mol. The van der Waals surface area contributed by atoms with Crippen molar-refractivity contribution in [2.24, 2.45) is 11.3 Å². The lowest BCUT2D eigenvalue weighted by Gasteiger charge is -2.29. The highest BCUT2D eigenvalue weighted by Gasteiger charge is 2.40. The Morgan fingerprint density at radius 1 is 1.44 bits per heavy atom. The van der Waals surface area contributed by atoms with Crippen molar-refractivity contribution >= 4 is 5.91 Å². The van der Waals surface area contributed by atoms with E-state index in [9.17, 15) is 10.1 Å². The quantitative estimate of drug-likeness (QED) is 0.833. The first-order chi connectivity index (χ1) is 8.68. The van der Waals surface area contributed by atoms with Crippen molar-refractivity contribution in [2.45, 2.75) is 51.6 Å². The normalized spacial score (nSPS) is 30.7. The van der Waals surface area contributed by atoms with Gasteiger partial charge in [-0.2, -0.15) is 5.26 Å². The van der Waals surface area contributed by atoms with E-state index in [4.69, 9.17) is 4.74 Å². The molecule has 4 nitrogen and oxygen atoms in total. The molecule has 1 heterocycles. The number of ether oxygens (including phenoxy) is 1. The van der Waals surface area contributed by atoms with Crippen LogP contribution in [0.2, 0.25) is 0 Å². The van der Waals surface area contributed by atoms with E-state index in [1.165, 1.54) is 0 Å². The van der Waals surface area contributed by atoms with Crippen LogP contribution in [-0.4, -0.2) is 25.2 Å². The Morgan fingerprint density at radius 3 is 2.72 bits per heavy atom. The third kappa shape index (κ3) is 2.67. The molecule has 1 N–H and O–H groups in total. The molecule has 2 aliphatic rings. The Balaban J connectivity index is 1.88. The molecule has 2 fully saturated rings. The summed E-state index contributed by atoms with van der Waals surface area (Å²) >= 11 is 0. The van der Waals surface area contributed by atoms with Gasteiger partial charge in [-0.25, -0.2) is 0 Å². The first kappa shape index (κ1) is 13.4. The molecule has 1 saturated heterocycles. The predicted octanol–water partition coefficient (Wildman–Crippen LogP) is 2.00. The van der Waals surface area contributed by atoms with E-state index in [2.05, 4.69) is 11.4 Å². The number of amides is 1. The van der Waals surface area contributed by atoms with Gasteiger partial charge >= 0.3 is 0 Å². The van der Waals surface area contributed by atoms with Crippen LogP contribution in [0.4, 0.5) is 0 Å². The molecule has 2 rings (SSSR count). The van der Waals surface area contributed by atoms with E-state index in [1.807, 2.05) is 6.92 Å². The van der Waals surface area contributed by atoms with Crippen LogP contribution >= 0.6 is 0 Å². The zero-order valence-corrected chi connectivity index (χ0v) is 11.1. The number of carbonyl (C=O) groups excluding carboxylic acids is 1. The van der Waals surface area contributed by atoms with Crippen molar-refractivity contribution in [1.82, 2.24) is 5.32 Å². The Bertz CT molecular complexity index is 342. The van der Waals surface area contributed by atoms with Crippen molar-refractivity contribution in [3.05, 3.63) is 0 Å². The summed E-state index contributed by atoms with van der Waals surface area (Å²) in [7, 11) is 0. The summed E-state index contributed by atoms with van der Waals surface area (Å²) in [5.74, 6) is 0.331. The average molecular weight is 250 g/mol. The van der Waals surface area contributed by atoms with Gasteiger partial charge in [-0.05, 0) is 26.2 Å². The molecule has 0 radical (unpaired) electrons. The van der Waals surface area contributed by atoms with Crippen molar-refractivity contribution in [3.8, 4) is 6.07 Å². The second-order valence-corrected chi connectivity index (χ2v) is 5.59. The first-order valence-electron chi connectivity index (χ1n) is 6.99. The molecule has 0 aromatic carbocycles. The number of nitrogens with one attached hydrogen (secondary N) is 1. The molecule has 2 atom stereocenters. The number of nitrogens with zero attached hydrogens (tertiary/aromatic N) is 1. The van der Waals surface area contributed by atoms with E-state index >= 15 is 0 Å². The molecule has 0 spiro atoms. The van der Waals surface area contributed by atoms with E-state index < -0.39 is 5.41 Å². The molecule has 4 heteroatoms. The van der Waals surface area contributed by atoms with Crippen LogP contribution in [0.1, 0.15) is 45.4 Å². The van der Waals surface area contributed by atoms with Gasteiger partial charge in [0.25, 0.3) is 0 Å². The molecule has 1 aliphatic heterocycles. The van der Waals surface area contributed by atoms with E-state index in [1.54, 1.807) is 0 Å². The summed E-state index contributed by atoms with van der Waals surface area (Å²) in [5, 5.41) is 12.3. The molecule has 0 aromatic rings. The highest BCUT2D eigenvalue weighted by atomic mass is 16.5. The van der Waals surface area contributed by atoms with Crippen molar-refractivity contribution in [2.75, 3.05) is 13.2 Å². The lowest BCUT2D eigenvalue weighted by Crippen LogP contribution is -2.43. The molecule has 1 amide bonds. The fraction of sp³-hybridized carbons (Fsp3) is 0.857. The zero-order chi connectivity index (χ0) is 13.0. The highest BCUT2D eigenvalue weighted by Crippen LogP contribution is 2.36. The van der Waals surface area contributed by atoms with Crippen molar-refractivity contribution in [1.29, 1.82) is 5.26 Å². The lowest BCUT2D eigenvalue weighted by molar-refractivity contribution is -0.129. The number of nitriles is 1. The maximum Gasteiger partial charge on any atom is 0.240 e. The van der Waals surface area contributed by atoms with Gasteiger partial charge in [0, 0.05) is 19.1 Å². The maximum absolute atomic E-state index is 12.2. The van der Waals surface area contributed by atoms with Crippen LogP contribution in [0, 0.1) is 22.7 Å². The van der Waals surface area contributed by atoms with Crippen LogP contribution in [-0.2, 0) is 9.53 Å². The van der Waals surface area contributed by atoms with Crippen LogP contribution in [0.3, 0.4) is 0 Å². The van der Waals surface area contributed by atoms with Crippen LogP contribution in [0.5, 0.6) is 0 Å². The third-order valence-electron chi connectivity index (χ3n) is 4.41. The largest absolute Gasteiger partial charge is 0.378 e. The van der Waals surface area contributed by atoms with E-state index in [0.29, 0.717) is 25.3 Å². The summed E-state index contributed by atoms with van der Waals surface area (Å²) in [6.07, 6.45) is 5.77.